The Labute approximate surface area is 144 Å². The molecule has 1 aliphatic heterocycles. The first-order valence-electron chi connectivity index (χ1n) is 8.15. The molecule has 6 heteroatoms. The predicted octanol–water partition coefficient (Wildman–Crippen LogP) is 2.70. The number of carbonyl (C=O) groups excluding carboxylic acids is 1. The monoisotopic (exact) mass is 338 g/mol. The summed E-state index contributed by atoms with van der Waals surface area (Å²) in [6.07, 6.45) is 0.617. The summed E-state index contributed by atoms with van der Waals surface area (Å²) in [6.45, 7) is 0.619. The fourth-order valence-electron chi connectivity index (χ4n) is 2.97. The van der Waals surface area contributed by atoms with Gasteiger partial charge in [-0.25, -0.2) is 4.98 Å². The van der Waals surface area contributed by atoms with Crippen LogP contribution in [0.1, 0.15) is 11.5 Å². The summed E-state index contributed by atoms with van der Waals surface area (Å²) < 4.78 is 16.6. The molecule has 6 nitrogen and oxygen atoms in total. The number of methoxy groups -OCH3 is 1. The van der Waals surface area contributed by atoms with E-state index in [4.69, 9.17) is 13.9 Å². The van der Waals surface area contributed by atoms with Gasteiger partial charge in [0.1, 0.15) is 23.6 Å². The van der Waals surface area contributed by atoms with Crippen LogP contribution in [0.15, 0.2) is 46.9 Å². The van der Waals surface area contributed by atoms with Gasteiger partial charge < -0.3 is 19.2 Å². The van der Waals surface area contributed by atoms with Crippen LogP contribution in [0, 0.1) is 5.92 Å². The van der Waals surface area contributed by atoms with E-state index in [0.717, 1.165) is 22.6 Å². The molecule has 0 aliphatic carbocycles. The highest BCUT2D eigenvalue weighted by Crippen LogP contribution is 2.30. The van der Waals surface area contributed by atoms with Gasteiger partial charge in [0.2, 0.25) is 11.8 Å². The van der Waals surface area contributed by atoms with Crippen LogP contribution in [-0.2, 0) is 17.8 Å². The lowest BCUT2D eigenvalue weighted by molar-refractivity contribution is -0.126. The summed E-state index contributed by atoms with van der Waals surface area (Å²) in [4.78, 5) is 16.8. The number of aromatic nitrogens is 1. The van der Waals surface area contributed by atoms with E-state index >= 15 is 0 Å². The van der Waals surface area contributed by atoms with E-state index in [0.29, 0.717) is 24.5 Å². The highest BCUT2D eigenvalue weighted by molar-refractivity contribution is 5.79. The highest BCUT2D eigenvalue weighted by atomic mass is 16.5. The predicted molar refractivity (Wildman–Crippen MR) is 91.5 cm³/mol. The lowest BCUT2D eigenvalue weighted by Gasteiger charge is -2.24. The molecule has 0 saturated heterocycles. The second-order valence-electron chi connectivity index (χ2n) is 5.98. The number of carbonyl (C=O) groups is 1. The van der Waals surface area contributed by atoms with Crippen molar-refractivity contribution < 1.29 is 18.7 Å². The zero-order chi connectivity index (χ0) is 17.2. The molecule has 0 saturated carbocycles. The fourth-order valence-corrected chi connectivity index (χ4v) is 2.97. The van der Waals surface area contributed by atoms with Gasteiger partial charge in [-0.15, -0.1) is 0 Å². The van der Waals surface area contributed by atoms with Crippen molar-refractivity contribution >= 4 is 17.0 Å². The Morgan fingerprint density at radius 1 is 1.32 bits per heavy atom. The van der Waals surface area contributed by atoms with Gasteiger partial charge in [-0.2, -0.15) is 0 Å². The maximum Gasteiger partial charge on any atom is 0.227 e. The average molecular weight is 338 g/mol. The van der Waals surface area contributed by atoms with E-state index in [-0.39, 0.29) is 18.4 Å². The molecule has 0 bridgehead atoms. The van der Waals surface area contributed by atoms with E-state index in [1.54, 1.807) is 7.11 Å². The van der Waals surface area contributed by atoms with Crippen LogP contribution >= 0.6 is 0 Å². The van der Waals surface area contributed by atoms with E-state index in [2.05, 4.69) is 10.3 Å². The largest absolute Gasteiger partial charge is 0.497 e. The zero-order valence-corrected chi connectivity index (χ0v) is 13.8. The summed E-state index contributed by atoms with van der Waals surface area (Å²) in [5.74, 6) is 1.74. The quantitative estimate of drug-likeness (QED) is 0.792. The molecule has 3 aromatic rings. The molecule has 128 valence electrons. The lowest BCUT2D eigenvalue weighted by Crippen LogP contribution is -2.37. The summed E-state index contributed by atoms with van der Waals surface area (Å²) in [6, 6.07) is 13.2. The number of para-hydroxylation sites is 2. The Kier molecular flexibility index (Phi) is 4.01. The number of hydrogen-bond donors (Lipinski definition) is 1. The molecule has 0 radical (unpaired) electrons. The number of benzene rings is 2. The van der Waals surface area contributed by atoms with Gasteiger partial charge in [-0.05, 0) is 42.3 Å². The van der Waals surface area contributed by atoms with Gasteiger partial charge in [0, 0.05) is 0 Å². The third-order valence-corrected chi connectivity index (χ3v) is 4.30. The Hall–Kier alpha value is -3.02. The summed E-state index contributed by atoms with van der Waals surface area (Å²) >= 11 is 0. The van der Waals surface area contributed by atoms with Crippen molar-refractivity contribution in [1.29, 1.82) is 0 Å². The first-order chi connectivity index (χ1) is 12.2. The third kappa shape index (κ3) is 3.15. The van der Waals surface area contributed by atoms with Gasteiger partial charge in [0.25, 0.3) is 0 Å². The molecule has 25 heavy (non-hydrogen) atoms. The number of hydrogen-bond acceptors (Lipinski definition) is 5. The van der Waals surface area contributed by atoms with Crippen LogP contribution in [0.3, 0.4) is 0 Å². The van der Waals surface area contributed by atoms with Gasteiger partial charge in [-0.1, -0.05) is 12.1 Å². The van der Waals surface area contributed by atoms with Crippen molar-refractivity contribution in [3.8, 4) is 11.5 Å². The van der Waals surface area contributed by atoms with Crippen molar-refractivity contribution in [1.82, 2.24) is 10.3 Å². The van der Waals surface area contributed by atoms with Crippen molar-refractivity contribution in [2.75, 3.05) is 13.7 Å². The normalized spacial score (nSPS) is 16.1. The first kappa shape index (κ1) is 15.5. The van der Waals surface area contributed by atoms with E-state index < -0.39 is 0 Å². The number of oxazole rings is 1. The van der Waals surface area contributed by atoms with Crippen LogP contribution < -0.4 is 14.8 Å². The molecule has 0 unspecified atom stereocenters. The Bertz CT molecular complexity index is 886. The fraction of sp³-hybridized carbons (Fsp3) is 0.263. The molecule has 0 spiro atoms. The first-order valence-corrected chi connectivity index (χ1v) is 8.15. The minimum atomic E-state index is -0.246. The number of nitrogens with zero attached hydrogens (tertiary/aromatic N) is 1. The van der Waals surface area contributed by atoms with Crippen molar-refractivity contribution in [3.05, 3.63) is 53.9 Å². The van der Waals surface area contributed by atoms with Gasteiger partial charge in [-0.3, -0.25) is 4.79 Å². The number of rotatable bonds is 4. The minimum Gasteiger partial charge on any atom is -0.497 e. The molecule has 1 amide bonds. The number of nitrogens with one attached hydrogen (secondary N) is 1. The Morgan fingerprint density at radius 2 is 2.20 bits per heavy atom. The number of fused-ring (bicyclic) bond motifs is 2. The van der Waals surface area contributed by atoms with Crippen LogP contribution in [-0.4, -0.2) is 24.6 Å². The molecule has 4 rings (SSSR count). The second kappa shape index (κ2) is 6.47. The molecule has 0 fully saturated rings. The van der Waals surface area contributed by atoms with Gasteiger partial charge in [0.05, 0.1) is 19.6 Å². The van der Waals surface area contributed by atoms with Crippen LogP contribution in [0.4, 0.5) is 0 Å². The maximum absolute atomic E-state index is 12.5. The van der Waals surface area contributed by atoms with Crippen molar-refractivity contribution in [2.24, 2.45) is 5.92 Å². The molecular weight excluding hydrogens is 320 g/mol. The Morgan fingerprint density at radius 3 is 3.04 bits per heavy atom. The van der Waals surface area contributed by atoms with E-state index in [1.807, 2.05) is 42.5 Å². The summed E-state index contributed by atoms with van der Waals surface area (Å²) in [7, 11) is 1.62. The second-order valence-corrected chi connectivity index (χ2v) is 5.98. The maximum atomic E-state index is 12.5. The molecule has 1 aromatic heterocycles. The van der Waals surface area contributed by atoms with Crippen LogP contribution in [0.5, 0.6) is 11.5 Å². The molecular formula is C19H18N2O4. The third-order valence-electron chi connectivity index (χ3n) is 4.30. The van der Waals surface area contributed by atoms with Crippen LogP contribution in [0.2, 0.25) is 0 Å². The molecule has 2 aromatic carbocycles. The van der Waals surface area contributed by atoms with Gasteiger partial charge in [0.15, 0.2) is 5.58 Å². The SMILES string of the molecule is COc1ccc2c(c1)C[C@H](C(=O)NCc1nc3ccccc3o1)CO2. The average Bonchev–Trinajstić information content (AvgIpc) is 3.08. The van der Waals surface area contributed by atoms with Crippen molar-refractivity contribution in [3.63, 3.8) is 0 Å². The van der Waals surface area contributed by atoms with E-state index in [9.17, 15) is 4.79 Å². The number of ether oxygens (including phenoxy) is 2. The standard InChI is InChI=1S/C19H18N2O4/c1-23-14-6-7-16-12(9-14)8-13(11-24-16)19(22)20-10-18-21-15-4-2-3-5-17(15)25-18/h2-7,9,13H,8,10-11H2,1H3,(H,20,22)/t13-/m0/s1. The summed E-state index contributed by atoms with van der Waals surface area (Å²) in [5, 5.41) is 2.88. The van der Waals surface area contributed by atoms with E-state index in [1.165, 1.54) is 0 Å². The molecule has 2 heterocycles. The zero-order valence-electron chi connectivity index (χ0n) is 13.8. The molecule has 1 N–H and O–H groups in total. The number of amides is 1. The topological polar surface area (TPSA) is 73.6 Å². The van der Waals surface area contributed by atoms with Crippen LogP contribution in [0.25, 0.3) is 11.1 Å². The summed E-state index contributed by atoms with van der Waals surface area (Å²) in [5.41, 5.74) is 2.48. The van der Waals surface area contributed by atoms with Crippen molar-refractivity contribution in [2.45, 2.75) is 13.0 Å². The highest BCUT2D eigenvalue weighted by Gasteiger charge is 2.26. The smallest absolute Gasteiger partial charge is 0.227 e. The Balaban J connectivity index is 1.41. The minimum absolute atomic E-state index is 0.0734. The lowest BCUT2D eigenvalue weighted by atomic mass is 9.96. The van der Waals surface area contributed by atoms with Gasteiger partial charge >= 0.3 is 0 Å². The molecule has 1 aliphatic rings. The molecule has 1 atom stereocenters.